The van der Waals surface area contributed by atoms with Gasteiger partial charge in [0.05, 0.1) is 10.7 Å². The van der Waals surface area contributed by atoms with E-state index in [0.29, 0.717) is 37.3 Å². The summed E-state index contributed by atoms with van der Waals surface area (Å²) in [6.45, 7) is 0.699. The number of aryl methyl sites for hydroxylation is 1. The van der Waals surface area contributed by atoms with Crippen LogP contribution in [0.1, 0.15) is 17.0 Å². The minimum absolute atomic E-state index is 0.150. The Labute approximate surface area is 168 Å². The number of hydrogen-bond acceptors (Lipinski definition) is 7. The summed E-state index contributed by atoms with van der Waals surface area (Å²) in [6, 6.07) is 15.2. The number of sulfone groups is 1. The van der Waals surface area contributed by atoms with E-state index in [0.717, 1.165) is 5.56 Å². The van der Waals surface area contributed by atoms with Gasteiger partial charge in [0.2, 0.25) is 15.0 Å². The van der Waals surface area contributed by atoms with Gasteiger partial charge in [0.1, 0.15) is 5.82 Å². The molecular formula is C19H21N5O4S. The first kappa shape index (κ1) is 20.6. The molecule has 0 aliphatic heterocycles. The molecule has 0 radical (unpaired) electrons. The molecule has 0 unspecified atom stereocenters. The van der Waals surface area contributed by atoms with Gasteiger partial charge in [0.15, 0.2) is 0 Å². The lowest BCUT2D eigenvalue weighted by Gasteiger charge is -2.11. The van der Waals surface area contributed by atoms with Crippen LogP contribution in [0.3, 0.4) is 0 Å². The quantitative estimate of drug-likeness (QED) is 0.417. The molecule has 3 aromatic rings. The summed E-state index contributed by atoms with van der Waals surface area (Å²) in [6.07, 6.45) is 1.00. The number of non-ortho nitro benzene ring substituents is 1. The van der Waals surface area contributed by atoms with E-state index in [9.17, 15) is 18.5 Å². The first-order valence-corrected chi connectivity index (χ1v) is 10.7. The lowest BCUT2D eigenvalue weighted by Crippen LogP contribution is -2.17. The molecule has 0 bridgehead atoms. The van der Waals surface area contributed by atoms with Crippen molar-refractivity contribution in [3.05, 3.63) is 81.7 Å². The van der Waals surface area contributed by atoms with E-state index in [-0.39, 0.29) is 10.8 Å². The smallest absolute Gasteiger partial charge is 0.269 e. The predicted octanol–water partition coefficient (Wildman–Crippen LogP) is 1.90. The molecular weight excluding hydrogens is 394 g/mol. The number of benzene rings is 2. The van der Waals surface area contributed by atoms with Crippen molar-refractivity contribution in [3.63, 3.8) is 0 Å². The topological polar surface area (TPSA) is 134 Å². The van der Waals surface area contributed by atoms with Crippen LogP contribution in [0.4, 0.5) is 5.69 Å². The van der Waals surface area contributed by atoms with E-state index in [4.69, 9.17) is 5.73 Å². The highest BCUT2D eigenvalue weighted by atomic mass is 32.2. The van der Waals surface area contributed by atoms with Crippen molar-refractivity contribution < 1.29 is 13.3 Å². The Hall–Kier alpha value is -3.11. The van der Waals surface area contributed by atoms with Crippen LogP contribution in [-0.4, -0.2) is 34.7 Å². The van der Waals surface area contributed by atoms with Crippen LogP contribution < -0.4 is 5.73 Å². The van der Waals surface area contributed by atoms with E-state index in [1.807, 2.05) is 30.3 Å². The van der Waals surface area contributed by atoms with Gasteiger partial charge in [-0.1, -0.05) is 42.5 Å². The first-order valence-electron chi connectivity index (χ1n) is 9.03. The third-order valence-corrected chi connectivity index (χ3v) is 5.96. The summed E-state index contributed by atoms with van der Waals surface area (Å²) in [5, 5.41) is 18.7. The highest BCUT2D eigenvalue weighted by Crippen LogP contribution is 2.20. The van der Waals surface area contributed by atoms with Crippen LogP contribution in [0.2, 0.25) is 0 Å². The lowest BCUT2D eigenvalue weighted by molar-refractivity contribution is -0.384. The van der Waals surface area contributed by atoms with Gasteiger partial charge in [-0.25, -0.2) is 8.42 Å². The van der Waals surface area contributed by atoms with Gasteiger partial charge < -0.3 is 10.3 Å². The third kappa shape index (κ3) is 5.04. The molecule has 10 heteroatoms. The van der Waals surface area contributed by atoms with Crippen molar-refractivity contribution in [1.29, 1.82) is 0 Å². The number of hydrogen-bond donors (Lipinski definition) is 1. The largest absolute Gasteiger partial charge is 0.330 e. The Morgan fingerprint density at radius 3 is 2.41 bits per heavy atom. The van der Waals surface area contributed by atoms with Crippen LogP contribution in [0.15, 0.2) is 59.8 Å². The fourth-order valence-corrected chi connectivity index (χ4v) is 4.46. The highest BCUT2D eigenvalue weighted by molar-refractivity contribution is 7.90. The molecule has 152 valence electrons. The Bertz CT molecular complexity index is 1100. The zero-order chi connectivity index (χ0) is 20.9. The summed E-state index contributed by atoms with van der Waals surface area (Å²) in [5.74, 6) is 0.0990. The maximum absolute atomic E-state index is 13.0. The standard InChI is InChI=1S/C19H21N5O4S/c20-11-9-18-21-22-19(23(18)12-10-15-5-2-1-3-6-15)29(27,28)14-16-7-4-8-17(13-16)24(25)26/h1-8,13H,9-12,14,20H2. The lowest BCUT2D eigenvalue weighted by atomic mass is 10.1. The zero-order valence-corrected chi connectivity index (χ0v) is 16.5. The maximum Gasteiger partial charge on any atom is 0.269 e. The molecule has 0 atom stereocenters. The molecule has 29 heavy (non-hydrogen) atoms. The van der Waals surface area contributed by atoms with Gasteiger partial charge in [-0.05, 0) is 24.1 Å². The number of nitrogens with two attached hydrogens (primary N) is 1. The molecule has 2 aromatic carbocycles. The van der Waals surface area contributed by atoms with Gasteiger partial charge in [0.25, 0.3) is 5.69 Å². The van der Waals surface area contributed by atoms with Crippen molar-refractivity contribution in [3.8, 4) is 0 Å². The van der Waals surface area contributed by atoms with E-state index >= 15 is 0 Å². The molecule has 9 nitrogen and oxygen atoms in total. The summed E-state index contributed by atoms with van der Waals surface area (Å²) < 4.78 is 27.6. The number of rotatable bonds is 9. The van der Waals surface area contributed by atoms with E-state index in [1.54, 1.807) is 4.57 Å². The van der Waals surface area contributed by atoms with Crippen molar-refractivity contribution >= 4 is 15.5 Å². The fourth-order valence-electron chi connectivity index (χ4n) is 3.02. The normalized spacial score (nSPS) is 11.5. The molecule has 0 aliphatic carbocycles. The van der Waals surface area contributed by atoms with Gasteiger partial charge in [-0.2, -0.15) is 0 Å². The second kappa shape index (κ2) is 8.93. The Kier molecular flexibility index (Phi) is 6.35. The summed E-state index contributed by atoms with van der Waals surface area (Å²) >= 11 is 0. The number of nitro benzene ring substituents is 1. The molecule has 2 N–H and O–H groups in total. The van der Waals surface area contributed by atoms with Crippen molar-refractivity contribution in [2.75, 3.05) is 6.54 Å². The third-order valence-electron chi connectivity index (χ3n) is 4.38. The van der Waals surface area contributed by atoms with Crippen molar-refractivity contribution in [2.24, 2.45) is 5.73 Å². The van der Waals surface area contributed by atoms with Crippen LogP contribution in [0.25, 0.3) is 0 Å². The second-order valence-corrected chi connectivity index (χ2v) is 8.39. The summed E-state index contributed by atoms with van der Waals surface area (Å²) in [7, 11) is -3.86. The number of nitro groups is 1. The molecule has 0 amide bonds. The fraction of sp³-hybridized carbons (Fsp3) is 0.263. The van der Waals surface area contributed by atoms with E-state index in [2.05, 4.69) is 10.2 Å². The Morgan fingerprint density at radius 2 is 1.72 bits per heavy atom. The highest BCUT2D eigenvalue weighted by Gasteiger charge is 2.25. The Morgan fingerprint density at radius 1 is 1.00 bits per heavy atom. The van der Waals surface area contributed by atoms with Gasteiger partial charge in [-0.15, -0.1) is 10.2 Å². The van der Waals surface area contributed by atoms with Crippen molar-refractivity contribution in [2.45, 2.75) is 30.3 Å². The molecule has 1 heterocycles. The minimum atomic E-state index is -3.86. The van der Waals surface area contributed by atoms with Crippen LogP contribution in [-0.2, 0) is 35.0 Å². The first-order chi connectivity index (χ1) is 13.9. The molecule has 0 spiro atoms. The molecule has 0 aliphatic rings. The molecule has 0 saturated carbocycles. The van der Waals surface area contributed by atoms with Crippen molar-refractivity contribution in [1.82, 2.24) is 14.8 Å². The molecule has 0 saturated heterocycles. The molecule has 1 aromatic heterocycles. The second-order valence-electron chi connectivity index (χ2n) is 6.51. The average Bonchev–Trinajstić information content (AvgIpc) is 3.11. The summed E-state index contributed by atoms with van der Waals surface area (Å²) in [4.78, 5) is 10.4. The number of nitrogens with zero attached hydrogens (tertiary/aromatic N) is 4. The molecule has 0 fully saturated rings. The minimum Gasteiger partial charge on any atom is -0.330 e. The van der Waals surface area contributed by atoms with Crippen LogP contribution in [0, 0.1) is 10.1 Å². The summed E-state index contributed by atoms with van der Waals surface area (Å²) in [5.41, 5.74) is 6.84. The Balaban J connectivity index is 1.89. The van der Waals surface area contributed by atoms with Gasteiger partial charge in [-0.3, -0.25) is 10.1 Å². The SMILES string of the molecule is NCCc1nnc(S(=O)(=O)Cc2cccc([N+](=O)[O-])c2)n1CCc1ccccc1. The monoisotopic (exact) mass is 415 g/mol. The van der Waals surface area contributed by atoms with E-state index in [1.165, 1.54) is 24.3 Å². The predicted molar refractivity (Wildman–Crippen MR) is 107 cm³/mol. The maximum atomic E-state index is 13.0. The number of aromatic nitrogens is 3. The average molecular weight is 415 g/mol. The van der Waals surface area contributed by atoms with Gasteiger partial charge >= 0.3 is 0 Å². The van der Waals surface area contributed by atoms with Gasteiger partial charge in [0, 0.05) is 25.1 Å². The van der Waals surface area contributed by atoms with E-state index < -0.39 is 20.5 Å². The zero-order valence-electron chi connectivity index (χ0n) is 15.6. The molecule has 3 rings (SSSR count). The van der Waals surface area contributed by atoms with Crippen LogP contribution >= 0.6 is 0 Å². The van der Waals surface area contributed by atoms with Crippen LogP contribution in [0.5, 0.6) is 0 Å².